The molecule has 0 saturated heterocycles. The molecule has 0 aromatic rings. The van der Waals surface area contributed by atoms with E-state index in [9.17, 15) is 9.59 Å². The molecule has 0 amide bonds. The predicted octanol–water partition coefficient (Wildman–Crippen LogP) is 0.911. The van der Waals surface area contributed by atoms with Gasteiger partial charge in [-0.05, 0) is 37.0 Å². The summed E-state index contributed by atoms with van der Waals surface area (Å²) in [6.45, 7) is 4.32. The molecule has 1 aliphatic carbocycles. The molecule has 0 bridgehead atoms. The minimum Gasteiger partial charge on any atom is -0.480 e. The molecule has 89 valence electrons. The molecule has 0 spiro atoms. The van der Waals surface area contributed by atoms with Gasteiger partial charge in [0.15, 0.2) is 0 Å². The first-order valence-corrected chi connectivity index (χ1v) is 5.80. The summed E-state index contributed by atoms with van der Waals surface area (Å²) >= 11 is 0. The summed E-state index contributed by atoms with van der Waals surface area (Å²) in [6.07, 6.45) is 3.59. The van der Waals surface area contributed by atoms with Gasteiger partial charge < -0.3 is 15.1 Å². The Kier molecular flexibility index (Phi) is 4.99. The summed E-state index contributed by atoms with van der Waals surface area (Å²) in [5.41, 5.74) is 0. The van der Waals surface area contributed by atoms with E-state index in [0.29, 0.717) is 18.0 Å². The maximum absolute atomic E-state index is 11.1. The molecule has 1 rings (SSSR count). The number of rotatable bonds is 5. The predicted molar refractivity (Wildman–Crippen MR) is 62.7 cm³/mol. The minimum atomic E-state index is -0.871. The monoisotopic (exact) mass is 224 g/mol. The van der Waals surface area contributed by atoms with E-state index < -0.39 is 12.0 Å². The molecule has 2 N–H and O–H groups in total. The zero-order chi connectivity index (χ0) is 12.1. The second-order valence-corrected chi connectivity index (χ2v) is 4.96. The van der Waals surface area contributed by atoms with Crippen LogP contribution in [0.4, 0.5) is 0 Å². The Labute approximate surface area is 97.1 Å². The van der Waals surface area contributed by atoms with Crippen LogP contribution in [0.2, 0.25) is 0 Å². The van der Waals surface area contributed by atoms with Crippen LogP contribution in [0.25, 0.3) is 0 Å². The van der Waals surface area contributed by atoms with E-state index in [-0.39, 0.29) is 5.92 Å². The molecule has 4 atom stereocenters. The summed E-state index contributed by atoms with van der Waals surface area (Å²) in [6, 6.07) is -0.629. The maximum atomic E-state index is 11.1. The molecule has 0 heterocycles. The summed E-state index contributed by atoms with van der Waals surface area (Å²) in [5, 5.41) is 11.8. The highest BCUT2D eigenvalue weighted by molar-refractivity contribution is 6.64. The van der Waals surface area contributed by atoms with Crippen molar-refractivity contribution < 1.29 is 14.7 Å². The standard InChI is InChI=1S/C11H19BNO3/c1-7-3-8(2)5-9(4-7)10(11(15)16)13-12-6-14/h6-10,13H,3-5H2,1-2H3,(H,15,16)/t7-,8+,9?,10-/m0/s1. The Balaban J connectivity index is 2.61. The van der Waals surface area contributed by atoms with Crippen LogP contribution in [0.1, 0.15) is 33.1 Å². The Morgan fingerprint density at radius 1 is 1.38 bits per heavy atom. The normalized spacial score (nSPS) is 31.8. The third-order valence-corrected chi connectivity index (χ3v) is 3.30. The van der Waals surface area contributed by atoms with Crippen molar-refractivity contribution in [3.63, 3.8) is 0 Å². The molecule has 1 unspecified atom stereocenters. The summed E-state index contributed by atoms with van der Waals surface area (Å²) in [5.74, 6) is 0.374. The number of aliphatic carboxylic acids is 1. The van der Waals surface area contributed by atoms with E-state index in [4.69, 9.17) is 5.11 Å². The van der Waals surface area contributed by atoms with Crippen molar-refractivity contribution in [3.05, 3.63) is 0 Å². The van der Waals surface area contributed by atoms with Gasteiger partial charge in [0, 0.05) is 0 Å². The van der Waals surface area contributed by atoms with Gasteiger partial charge in [-0.1, -0.05) is 13.8 Å². The highest BCUT2D eigenvalue weighted by Crippen LogP contribution is 2.34. The van der Waals surface area contributed by atoms with Gasteiger partial charge in [0.2, 0.25) is 0 Å². The lowest BCUT2D eigenvalue weighted by atomic mass is 9.73. The van der Waals surface area contributed by atoms with Gasteiger partial charge in [-0.25, -0.2) is 0 Å². The van der Waals surface area contributed by atoms with Crippen LogP contribution >= 0.6 is 0 Å². The van der Waals surface area contributed by atoms with Crippen molar-refractivity contribution in [2.45, 2.75) is 39.2 Å². The van der Waals surface area contributed by atoms with Gasteiger partial charge in [-0.15, -0.1) is 0 Å². The van der Waals surface area contributed by atoms with Crippen LogP contribution in [-0.4, -0.2) is 30.7 Å². The van der Waals surface area contributed by atoms with E-state index in [1.54, 1.807) is 0 Å². The van der Waals surface area contributed by atoms with Gasteiger partial charge in [0.05, 0.1) is 12.2 Å². The highest BCUT2D eigenvalue weighted by Gasteiger charge is 2.33. The highest BCUT2D eigenvalue weighted by atomic mass is 16.4. The molecule has 1 fully saturated rings. The zero-order valence-electron chi connectivity index (χ0n) is 9.85. The van der Waals surface area contributed by atoms with E-state index in [0.717, 1.165) is 12.8 Å². The van der Waals surface area contributed by atoms with Gasteiger partial charge >= 0.3 is 5.97 Å². The second kappa shape index (κ2) is 6.04. The van der Waals surface area contributed by atoms with Crippen LogP contribution in [0.5, 0.6) is 0 Å². The third kappa shape index (κ3) is 3.63. The summed E-state index contributed by atoms with van der Waals surface area (Å²) < 4.78 is 0. The number of hydrogen-bond acceptors (Lipinski definition) is 3. The molecule has 4 nitrogen and oxygen atoms in total. The smallest absolute Gasteiger partial charge is 0.319 e. The number of carbonyl (C=O) groups excluding carboxylic acids is 1. The molecule has 0 aromatic heterocycles. The Morgan fingerprint density at radius 3 is 2.38 bits per heavy atom. The summed E-state index contributed by atoms with van der Waals surface area (Å²) in [4.78, 5) is 21.4. The molecule has 16 heavy (non-hydrogen) atoms. The number of nitrogens with one attached hydrogen (secondary N) is 1. The van der Waals surface area contributed by atoms with Crippen LogP contribution in [-0.2, 0) is 9.59 Å². The van der Waals surface area contributed by atoms with Crippen molar-refractivity contribution in [3.8, 4) is 0 Å². The van der Waals surface area contributed by atoms with E-state index >= 15 is 0 Å². The molecular formula is C11H19BNO3. The fourth-order valence-electron chi connectivity index (χ4n) is 2.83. The Bertz CT molecular complexity index is 250. The fourth-order valence-corrected chi connectivity index (χ4v) is 2.83. The number of carboxylic acid groups (broad SMARTS) is 1. The maximum Gasteiger partial charge on any atom is 0.319 e. The van der Waals surface area contributed by atoms with E-state index in [1.807, 2.05) is 0 Å². The van der Waals surface area contributed by atoms with Gasteiger partial charge in [0.25, 0.3) is 7.41 Å². The van der Waals surface area contributed by atoms with Crippen molar-refractivity contribution in [2.75, 3.05) is 0 Å². The van der Waals surface area contributed by atoms with Gasteiger partial charge in [-0.3, -0.25) is 4.79 Å². The Hall–Kier alpha value is -0.835. The average molecular weight is 224 g/mol. The molecular weight excluding hydrogens is 205 g/mol. The van der Waals surface area contributed by atoms with Crippen LogP contribution in [0.3, 0.4) is 0 Å². The first-order chi connectivity index (χ1) is 7.54. The first-order valence-electron chi connectivity index (χ1n) is 5.80. The lowest BCUT2D eigenvalue weighted by Crippen LogP contribution is -2.47. The van der Waals surface area contributed by atoms with Crippen LogP contribution < -0.4 is 5.23 Å². The number of carboxylic acids is 1. The van der Waals surface area contributed by atoms with Gasteiger partial charge in [-0.2, -0.15) is 0 Å². The topological polar surface area (TPSA) is 66.4 Å². The molecule has 1 radical (unpaired) electrons. The van der Waals surface area contributed by atoms with Crippen molar-refractivity contribution in [1.82, 2.24) is 5.23 Å². The lowest BCUT2D eigenvalue weighted by Gasteiger charge is -2.35. The fraction of sp³-hybridized carbons (Fsp3) is 0.818. The zero-order valence-corrected chi connectivity index (χ0v) is 9.85. The minimum absolute atomic E-state index is 0.118. The molecule has 0 aliphatic heterocycles. The second-order valence-electron chi connectivity index (χ2n) is 4.96. The summed E-state index contributed by atoms with van der Waals surface area (Å²) in [7, 11) is 1.18. The lowest BCUT2D eigenvalue weighted by molar-refractivity contribution is -0.141. The quantitative estimate of drug-likeness (QED) is 0.538. The number of hydrogen-bond donors (Lipinski definition) is 2. The van der Waals surface area contributed by atoms with Crippen molar-refractivity contribution >= 4 is 19.6 Å². The van der Waals surface area contributed by atoms with Gasteiger partial charge in [0.1, 0.15) is 0 Å². The SMILES string of the molecule is C[C@@H]1CC([C@H](N[B]C=O)C(=O)O)C[C@H](C)C1. The molecule has 1 saturated carbocycles. The number of carbonyl (C=O) groups is 2. The van der Waals surface area contributed by atoms with Crippen LogP contribution in [0, 0.1) is 17.8 Å². The molecule has 1 aliphatic rings. The van der Waals surface area contributed by atoms with Crippen LogP contribution in [0.15, 0.2) is 0 Å². The molecule has 5 heteroatoms. The largest absolute Gasteiger partial charge is 0.480 e. The van der Waals surface area contributed by atoms with E-state index in [2.05, 4.69) is 19.1 Å². The third-order valence-electron chi connectivity index (χ3n) is 3.30. The Morgan fingerprint density at radius 2 is 1.94 bits per heavy atom. The van der Waals surface area contributed by atoms with Crippen molar-refractivity contribution in [2.24, 2.45) is 17.8 Å². The molecule has 0 aromatic carbocycles. The average Bonchev–Trinajstić information content (AvgIpc) is 2.16. The van der Waals surface area contributed by atoms with Crippen molar-refractivity contribution in [1.29, 1.82) is 0 Å². The first kappa shape index (κ1) is 13.2. The van der Waals surface area contributed by atoms with E-state index in [1.165, 1.54) is 13.8 Å².